The molecular formula is C20H22O4S. The summed E-state index contributed by atoms with van der Waals surface area (Å²) in [4.78, 5) is 25.7. The number of hydrogen-bond donors (Lipinski definition) is 0. The normalized spacial score (nSPS) is 12.6. The largest absolute Gasteiger partial charge is 0.292 e. The molecular weight excluding hydrogens is 336 g/mol. The third-order valence-corrected chi connectivity index (χ3v) is 7.57. The van der Waals surface area contributed by atoms with Gasteiger partial charge in [0.25, 0.3) is 0 Å². The van der Waals surface area contributed by atoms with E-state index < -0.39 is 30.9 Å². The number of sulfone groups is 1. The Labute approximate surface area is 148 Å². The van der Waals surface area contributed by atoms with Crippen LogP contribution in [0.3, 0.4) is 0 Å². The van der Waals surface area contributed by atoms with Crippen LogP contribution in [0.4, 0.5) is 0 Å². The molecule has 4 nitrogen and oxygen atoms in total. The molecule has 0 aliphatic heterocycles. The van der Waals surface area contributed by atoms with E-state index in [-0.39, 0.29) is 0 Å². The number of benzene rings is 2. The topological polar surface area (TPSA) is 68.3 Å². The maximum atomic E-state index is 13.3. The van der Waals surface area contributed by atoms with E-state index in [1.54, 1.807) is 60.7 Å². The monoisotopic (exact) mass is 358 g/mol. The van der Waals surface area contributed by atoms with Gasteiger partial charge in [0.05, 0.1) is 0 Å². The molecule has 0 amide bonds. The Kier molecular flexibility index (Phi) is 5.00. The van der Waals surface area contributed by atoms with Gasteiger partial charge in [0.1, 0.15) is 9.49 Å². The molecule has 0 aliphatic rings. The highest BCUT2D eigenvalue weighted by Gasteiger charge is 2.54. The average molecular weight is 358 g/mol. The number of ketones is 2. The standard InChI is InChI=1S/C20H22O4S/c1-19(2,17(21)15-11-7-5-8-12-15)25(23,24)20(3,4)18(22)16-13-9-6-10-14-16/h5-14H,1-4H3. The Balaban J connectivity index is 2.48. The van der Waals surface area contributed by atoms with Gasteiger partial charge in [0, 0.05) is 11.1 Å². The van der Waals surface area contributed by atoms with Gasteiger partial charge < -0.3 is 0 Å². The lowest BCUT2D eigenvalue weighted by Gasteiger charge is -2.33. The number of rotatable bonds is 6. The quantitative estimate of drug-likeness (QED) is 0.738. The van der Waals surface area contributed by atoms with Gasteiger partial charge in [-0.25, -0.2) is 8.42 Å². The molecule has 5 heteroatoms. The molecule has 0 N–H and O–H groups in total. The summed E-state index contributed by atoms with van der Waals surface area (Å²) in [6, 6.07) is 16.5. The molecule has 2 aromatic rings. The molecule has 2 rings (SSSR count). The summed E-state index contributed by atoms with van der Waals surface area (Å²) >= 11 is 0. The zero-order chi connectivity index (χ0) is 18.9. The highest BCUT2D eigenvalue weighted by molar-refractivity contribution is 7.95. The molecule has 0 heterocycles. The van der Waals surface area contributed by atoms with Gasteiger partial charge in [-0.05, 0) is 27.7 Å². The van der Waals surface area contributed by atoms with E-state index in [2.05, 4.69) is 0 Å². The zero-order valence-corrected chi connectivity index (χ0v) is 15.6. The molecule has 0 aliphatic carbocycles. The molecule has 0 bridgehead atoms. The predicted molar refractivity (Wildman–Crippen MR) is 98.6 cm³/mol. The van der Waals surface area contributed by atoms with Crippen molar-refractivity contribution in [2.24, 2.45) is 0 Å². The van der Waals surface area contributed by atoms with Crippen LogP contribution in [-0.2, 0) is 9.84 Å². The van der Waals surface area contributed by atoms with Gasteiger partial charge in [-0.15, -0.1) is 0 Å². The van der Waals surface area contributed by atoms with Crippen LogP contribution in [0.5, 0.6) is 0 Å². The van der Waals surface area contributed by atoms with Gasteiger partial charge in [-0.3, -0.25) is 9.59 Å². The van der Waals surface area contributed by atoms with Crippen molar-refractivity contribution in [2.45, 2.75) is 37.2 Å². The van der Waals surface area contributed by atoms with E-state index in [0.717, 1.165) is 0 Å². The summed E-state index contributed by atoms with van der Waals surface area (Å²) in [5.41, 5.74) is 0.609. The molecule has 0 fully saturated rings. The molecule has 0 saturated heterocycles. The minimum absolute atomic E-state index is 0.305. The van der Waals surface area contributed by atoms with Gasteiger partial charge in [-0.2, -0.15) is 0 Å². The van der Waals surface area contributed by atoms with Crippen LogP contribution in [0.25, 0.3) is 0 Å². The first-order valence-electron chi connectivity index (χ1n) is 7.97. The predicted octanol–water partition coefficient (Wildman–Crippen LogP) is 3.72. The van der Waals surface area contributed by atoms with Crippen molar-refractivity contribution in [3.05, 3.63) is 71.8 Å². The van der Waals surface area contributed by atoms with E-state index in [1.165, 1.54) is 27.7 Å². The maximum Gasteiger partial charge on any atom is 0.183 e. The maximum absolute atomic E-state index is 13.3. The second-order valence-corrected chi connectivity index (χ2v) is 9.96. The summed E-state index contributed by atoms with van der Waals surface area (Å²) in [5, 5.41) is 0. The smallest absolute Gasteiger partial charge is 0.183 e. The minimum Gasteiger partial charge on any atom is -0.292 e. The molecule has 25 heavy (non-hydrogen) atoms. The molecule has 0 atom stereocenters. The third-order valence-electron chi connectivity index (χ3n) is 4.51. The van der Waals surface area contributed by atoms with E-state index in [4.69, 9.17) is 0 Å². The van der Waals surface area contributed by atoms with Crippen molar-refractivity contribution in [3.8, 4) is 0 Å². The first-order valence-corrected chi connectivity index (χ1v) is 9.45. The van der Waals surface area contributed by atoms with Crippen molar-refractivity contribution < 1.29 is 18.0 Å². The Morgan fingerprint density at radius 1 is 0.640 bits per heavy atom. The first-order chi connectivity index (χ1) is 11.5. The summed E-state index contributed by atoms with van der Waals surface area (Å²) in [6.45, 7) is 5.44. The highest BCUT2D eigenvalue weighted by atomic mass is 32.2. The fourth-order valence-electron chi connectivity index (χ4n) is 2.76. The van der Waals surface area contributed by atoms with Gasteiger partial charge in [0.15, 0.2) is 21.4 Å². The van der Waals surface area contributed by atoms with Crippen LogP contribution < -0.4 is 0 Å². The van der Waals surface area contributed by atoms with Crippen LogP contribution in [0.2, 0.25) is 0 Å². The third kappa shape index (κ3) is 3.16. The van der Waals surface area contributed by atoms with Crippen molar-refractivity contribution >= 4 is 21.4 Å². The summed E-state index contributed by atoms with van der Waals surface area (Å²) in [6.07, 6.45) is 0. The first kappa shape index (κ1) is 19.1. The number of carbonyl (C=O) groups excluding carboxylic acids is 2. The SMILES string of the molecule is CC(C)(C(=O)c1ccccc1)S(=O)(=O)C(C)(C)C(=O)c1ccccc1. The molecule has 0 saturated carbocycles. The number of carbonyl (C=O) groups is 2. The summed E-state index contributed by atoms with van der Waals surface area (Å²) < 4.78 is 23.1. The number of hydrogen-bond acceptors (Lipinski definition) is 4. The summed E-state index contributed by atoms with van der Waals surface area (Å²) in [5.74, 6) is -1.05. The minimum atomic E-state index is -4.13. The van der Waals surface area contributed by atoms with E-state index >= 15 is 0 Å². The van der Waals surface area contributed by atoms with Crippen LogP contribution in [0.1, 0.15) is 48.4 Å². The fraction of sp³-hybridized carbons (Fsp3) is 0.300. The Morgan fingerprint density at radius 2 is 0.920 bits per heavy atom. The van der Waals surface area contributed by atoms with E-state index in [1.807, 2.05) is 0 Å². The molecule has 0 radical (unpaired) electrons. The lowest BCUT2D eigenvalue weighted by Crippen LogP contribution is -2.54. The summed E-state index contributed by atoms with van der Waals surface area (Å²) in [7, 11) is -4.13. The van der Waals surface area contributed by atoms with Gasteiger partial charge in [-0.1, -0.05) is 60.7 Å². The van der Waals surface area contributed by atoms with E-state index in [0.29, 0.717) is 11.1 Å². The molecule has 0 spiro atoms. The van der Waals surface area contributed by atoms with Crippen LogP contribution in [0, 0.1) is 0 Å². The second-order valence-electron chi connectivity index (χ2n) is 6.91. The van der Waals surface area contributed by atoms with Crippen molar-refractivity contribution in [1.29, 1.82) is 0 Å². The van der Waals surface area contributed by atoms with Gasteiger partial charge >= 0.3 is 0 Å². The average Bonchev–Trinajstić information content (AvgIpc) is 2.61. The van der Waals surface area contributed by atoms with Crippen LogP contribution >= 0.6 is 0 Å². The second kappa shape index (κ2) is 6.56. The lowest BCUT2D eigenvalue weighted by atomic mass is 9.99. The fourth-order valence-corrected chi connectivity index (χ4v) is 4.76. The molecule has 0 unspecified atom stereocenters. The Hall–Kier alpha value is -2.27. The number of Topliss-reactive ketones (excluding diaryl/α,β-unsaturated/α-hetero) is 2. The van der Waals surface area contributed by atoms with Crippen LogP contribution in [0.15, 0.2) is 60.7 Å². The highest BCUT2D eigenvalue weighted by Crippen LogP contribution is 2.34. The molecule has 132 valence electrons. The van der Waals surface area contributed by atoms with E-state index in [9.17, 15) is 18.0 Å². The lowest BCUT2D eigenvalue weighted by molar-refractivity contribution is 0.0941. The van der Waals surface area contributed by atoms with Gasteiger partial charge in [0.2, 0.25) is 0 Å². The molecule has 2 aromatic carbocycles. The van der Waals surface area contributed by atoms with Crippen molar-refractivity contribution in [1.82, 2.24) is 0 Å². The Morgan fingerprint density at radius 3 is 1.20 bits per heavy atom. The van der Waals surface area contributed by atoms with Crippen LogP contribution in [-0.4, -0.2) is 29.5 Å². The Bertz CT molecular complexity index is 810. The molecule has 0 aromatic heterocycles. The van der Waals surface area contributed by atoms with Crippen molar-refractivity contribution in [2.75, 3.05) is 0 Å². The zero-order valence-electron chi connectivity index (χ0n) is 14.8. The van der Waals surface area contributed by atoms with Crippen molar-refractivity contribution in [3.63, 3.8) is 0 Å².